The van der Waals surface area contributed by atoms with E-state index in [1.807, 2.05) is 0 Å². The molecule has 0 N–H and O–H groups in total. The third kappa shape index (κ3) is 5.32. The fourth-order valence-electron chi connectivity index (χ4n) is 8.64. The minimum Gasteiger partial charge on any atom is -0.310 e. The van der Waals surface area contributed by atoms with Crippen molar-refractivity contribution in [2.75, 3.05) is 4.90 Å². The SMILES string of the molecule is c1ccc2c(c1)ccc1cc(-c3ccc(N(c4ccc(-c5ccc6c(ccc7ccccc76)c5)cc4)c4cc5ccccc5c5ccccc45)cc3)ccc12. The van der Waals surface area contributed by atoms with Crippen molar-refractivity contribution < 1.29 is 0 Å². The maximum absolute atomic E-state index is 2.42. The molecule has 0 bridgehead atoms. The molecule has 55 heavy (non-hydrogen) atoms. The summed E-state index contributed by atoms with van der Waals surface area (Å²) in [5.74, 6) is 0. The van der Waals surface area contributed by atoms with Crippen LogP contribution in [0.1, 0.15) is 0 Å². The monoisotopic (exact) mass is 697 g/mol. The highest BCUT2D eigenvalue weighted by molar-refractivity contribution is 6.15. The summed E-state index contributed by atoms with van der Waals surface area (Å²) in [7, 11) is 0. The quantitative estimate of drug-likeness (QED) is 0.162. The van der Waals surface area contributed by atoms with Gasteiger partial charge in [0, 0.05) is 16.8 Å². The van der Waals surface area contributed by atoms with Gasteiger partial charge < -0.3 is 4.90 Å². The minimum absolute atomic E-state index is 1.11. The Labute approximate surface area is 320 Å². The summed E-state index contributed by atoms with van der Waals surface area (Å²) in [6, 6.07) is 77.9. The van der Waals surface area contributed by atoms with Crippen molar-refractivity contribution in [2.24, 2.45) is 0 Å². The number of hydrogen-bond acceptors (Lipinski definition) is 1. The van der Waals surface area contributed by atoms with Crippen LogP contribution in [0.2, 0.25) is 0 Å². The van der Waals surface area contributed by atoms with Crippen molar-refractivity contribution in [3.63, 3.8) is 0 Å². The number of fused-ring (bicyclic) bond motifs is 9. The van der Waals surface area contributed by atoms with Crippen LogP contribution in [0.5, 0.6) is 0 Å². The molecule has 0 spiro atoms. The Morgan fingerprint density at radius 1 is 0.218 bits per heavy atom. The molecule has 0 atom stereocenters. The van der Waals surface area contributed by atoms with Crippen molar-refractivity contribution in [3.8, 4) is 22.3 Å². The number of rotatable bonds is 5. The van der Waals surface area contributed by atoms with Gasteiger partial charge >= 0.3 is 0 Å². The molecule has 256 valence electrons. The molecule has 11 rings (SSSR count). The van der Waals surface area contributed by atoms with Gasteiger partial charge in [-0.2, -0.15) is 0 Å². The fraction of sp³-hybridized carbons (Fsp3) is 0. The molecule has 1 nitrogen and oxygen atoms in total. The second-order valence-electron chi connectivity index (χ2n) is 14.5. The summed E-state index contributed by atoms with van der Waals surface area (Å²) in [5.41, 5.74) is 8.20. The molecule has 0 unspecified atom stereocenters. The largest absolute Gasteiger partial charge is 0.310 e. The van der Waals surface area contributed by atoms with Crippen LogP contribution in [0.25, 0.3) is 86.9 Å². The van der Waals surface area contributed by atoms with Crippen LogP contribution in [0.3, 0.4) is 0 Å². The first-order chi connectivity index (χ1) is 27.2. The first kappa shape index (κ1) is 31.3. The van der Waals surface area contributed by atoms with E-state index in [9.17, 15) is 0 Å². The van der Waals surface area contributed by atoms with E-state index in [0.717, 1.165) is 17.1 Å². The highest BCUT2D eigenvalue weighted by Gasteiger charge is 2.18. The Morgan fingerprint density at radius 2 is 0.564 bits per heavy atom. The molecule has 1 heteroatoms. The molecule has 11 aromatic rings. The van der Waals surface area contributed by atoms with E-state index in [-0.39, 0.29) is 0 Å². The van der Waals surface area contributed by atoms with Gasteiger partial charge in [-0.05, 0) is 124 Å². The molecule has 0 fully saturated rings. The Bertz CT molecular complexity index is 3090. The van der Waals surface area contributed by atoms with Gasteiger partial charge in [-0.3, -0.25) is 0 Å². The normalized spacial score (nSPS) is 11.6. The van der Waals surface area contributed by atoms with Gasteiger partial charge in [0.2, 0.25) is 0 Å². The predicted molar refractivity (Wildman–Crippen MR) is 237 cm³/mol. The van der Waals surface area contributed by atoms with Crippen LogP contribution < -0.4 is 4.90 Å². The van der Waals surface area contributed by atoms with Gasteiger partial charge in [0.15, 0.2) is 0 Å². The zero-order chi connectivity index (χ0) is 36.3. The molecule has 0 aromatic heterocycles. The molecule has 0 saturated carbocycles. The summed E-state index contributed by atoms with van der Waals surface area (Å²) in [5, 5.41) is 15.2. The van der Waals surface area contributed by atoms with Gasteiger partial charge in [-0.15, -0.1) is 0 Å². The summed E-state index contributed by atoms with van der Waals surface area (Å²) >= 11 is 0. The highest BCUT2D eigenvalue weighted by atomic mass is 15.1. The second kappa shape index (κ2) is 12.7. The third-order valence-corrected chi connectivity index (χ3v) is 11.4. The van der Waals surface area contributed by atoms with Crippen molar-refractivity contribution in [1.29, 1.82) is 0 Å². The Balaban J connectivity index is 1.02. The van der Waals surface area contributed by atoms with E-state index in [4.69, 9.17) is 0 Å². The molecule has 0 radical (unpaired) electrons. The zero-order valence-corrected chi connectivity index (χ0v) is 30.2. The van der Waals surface area contributed by atoms with E-state index in [1.54, 1.807) is 0 Å². The second-order valence-corrected chi connectivity index (χ2v) is 14.5. The molecule has 0 aliphatic carbocycles. The van der Waals surface area contributed by atoms with Crippen molar-refractivity contribution in [2.45, 2.75) is 0 Å². The van der Waals surface area contributed by atoms with Gasteiger partial charge in [0.1, 0.15) is 0 Å². The lowest BCUT2D eigenvalue weighted by Gasteiger charge is -2.28. The topological polar surface area (TPSA) is 3.24 Å². The van der Waals surface area contributed by atoms with Gasteiger partial charge in [0.05, 0.1) is 5.69 Å². The van der Waals surface area contributed by atoms with E-state index in [1.165, 1.54) is 86.9 Å². The maximum Gasteiger partial charge on any atom is 0.0546 e. The summed E-state index contributed by atoms with van der Waals surface area (Å²) in [4.78, 5) is 2.42. The summed E-state index contributed by atoms with van der Waals surface area (Å²) in [6.07, 6.45) is 0. The van der Waals surface area contributed by atoms with Gasteiger partial charge in [-0.1, -0.05) is 170 Å². The Morgan fingerprint density at radius 3 is 1.07 bits per heavy atom. The zero-order valence-electron chi connectivity index (χ0n) is 30.2. The maximum atomic E-state index is 2.42. The Kier molecular flexibility index (Phi) is 7.25. The lowest BCUT2D eigenvalue weighted by molar-refractivity contribution is 1.30. The van der Waals surface area contributed by atoms with E-state index in [2.05, 4.69) is 217 Å². The molecule has 11 aromatic carbocycles. The van der Waals surface area contributed by atoms with E-state index < -0.39 is 0 Å². The molecule has 0 amide bonds. The Hall–Kier alpha value is -7.22. The molecular weight excluding hydrogens is 663 g/mol. The molecule has 0 saturated heterocycles. The van der Waals surface area contributed by atoms with Crippen LogP contribution in [-0.2, 0) is 0 Å². The fourth-order valence-corrected chi connectivity index (χ4v) is 8.64. The smallest absolute Gasteiger partial charge is 0.0546 e. The van der Waals surface area contributed by atoms with Crippen molar-refractivity contribution in [1.82, 2.24) is 0 Å². The van der Waals surface area contributed by atoms with Gasteiger partial charge in [-0.25, -0.2) is 0 Å². The lowest BCUT2D eigenvalue weighted by Crippen LogP contribution is -2.10. The van der Waals surface area contributed by atoms with Crippen LogP contribution >= 0.6 is 0 Å². The average Bonchev–Trinajstić information content (AvgIpc) is 3.26. The highest BCUT2D eigenvalue weighted by Crippen LogP contribution is 2.43. The summed E-state index contributed by atoms with van der Waals surface area (Å²) < 4.78 is 0. The first-order valence-electron chi connectivity index (χ1n) is 19.0. The van der Waals surface area contributed by atoms with Crippen molar-refractivity contribution >= 4 is 81.7 Å². The van der Waals surface area contributed by atoms with Crippen molar-refractivity contribution in [3.05, 3.63) is 212 Å². The standard InChI is InChI=1S/C54H35N/c1-4-12-47-38(9-1)17-19-43-33-40(25-31-50(43)47)36-21-27-45(28-22-36)55(54-35-42-11-3-6-14-49(42)52-15-7-8-16-53(52)54)46-29-23-37(24-30-46)41-26-32-51-44(34-41)20-18-39-10-2-5-13-48(39)51/h1-35H. The first-order valence-corrected chi connectivity index (χ1v) is 19.0. The molecule has 0 heterocycles. The number of nitrogens with zero attached hydrogens (tertiary/aromatic N) is 1. The number of benzene rings is 11. The van der Waals surface area contributed by atoms with Crippen LogP contribution in [0.4, 0.5) is 17.1 Å². The van der Waals surface area contributed by atoms with E-state index in [0.29, 0.717) is 0 Å². The van der Waals surface area contributed by atoms with Gasteiger partial charge in [0.25, 0.3) is 0 Å². The number of hydrogen-bond donors (Lipinski definition) is 0. The predicted octanol–water partition coefficient (Wildman–Crippen LogP) is 15.4. The summed E-state index contributed by atoms with van der Waals surface area (Å²) in [6.45, 7) is 0. The van der Waals surface area contributed by atoms with Crippen LogP contribution in [0, 0.1) is 0 Å². The molecule has 0 aliphatic rings. The minimum atomic E-state index is 1.11. The molecular formula is C54H35N. The van der Waals surface area contributed by atoms with E-state index >= 15 is 0 Å². The molecule has 0 aliphatic heterocycles. The third-order valence-electron chi connectivity index (χ3n) is 11.4. The number of anilines is 3. The lowest BCUT2D eigenvalue weighted by atomic mass is 9.96. The van der Waals surface area contributed by atoms with Crippen LogP contribution in [0.15, 0.2) is 212 Å². The average molecular weight is 698 g/mol. The van der Waals surface area contributed by atoms with Crippen LogP contribution in [-0.4, -0.2) is 0 Å².